The normalized spacial score (nSPS) is 19.1. The summed E-state index contributed by atoms with van der Waals surface area (Å²) in [7, 11) is 0. The molecule has 8 heteroatoms. The van der Waals surface area contributed by atoms with Gasteiger partial charge in [-0.25, -0.2) is 8.78 Å². The van der Waals surface area contributed by atoms with Gasteiger partial charge in [-0.3, -0.25) is 10.1 Å². The molecule has 1 heterocycles. The summed E-state index contributed by atoms with van der Waals surface area (Å²) < 4.78 is 31.3. The molecule has 1 saturated heterocycles. The van der Waals surface area contributed by atoms with Crippen LogP contribution in [0.4, 0.5) is 20.2 Å². The van der Waals surface area contributed by atoms with Crippen molar-refractivity contribution in [1.82, 2.24) is 5.32 Å². The van der Waals surface area contributed by atoms with Crippen LogP contribution < -0.4 is 10.6 Å². The molecule has 2 rings (SSSR count). The molecule has 0 aromatic heterocycles. The quantitative estimate of drug-likeness (QED) is 0.639. The Balaban J connectivity index is 2.07. The molecule has 1 unspecified atom stereocenters. The number of nitrogens with one attached hydrogen (secondary N) is 2. The van der Waals surface area contributed by atoms with E-state index in [1.54, 1.807) is 0 Å². The standard InChI is InChI=1S/C12H15F2N3O3/c13-12(14)10-5-8(17(18)19)1-2-11(10)16-7-9-6-15-3-4-20-9/h1-2,5,9,12,15-16H,3-4,6-7H2. The molecule has 1 aromatic carbocycles. The van der Waals surface area contributed by atoms with E-state index in [4.69, 9.17) is 4.74 Å². The second-order valence-corrected chi connectivity index (χ2v) is 4.41. The third kappa shape index (κ3) is 3.61. The fraction of sp³-hybridized carbons (Fsp3) is 0.500. The fourth-order valence-electron chi connectivity index (χ4n) is 1.98. The van der Waals surface area contributed by atoms with Crippen molar-refractivity contribution in [2.75, 3.05) is 31.6 Å². The predicted molar refractivity (Wildman–Crippen MR) is 69.2 cm³/mol. The van der Waals surface area contributed by atoms with Gasteiger partial charge in [-0.05, 0) is 6.07 Å². The van der Waals surface area contributed by atoms with Crippen LogP contribution in [0.5, 0.6) is 0 Å². The van der Waals surface area contributed by atoms with E-state index in [0.717, 1.165) is 12.6 Å². The topological polar surface area (TPSA) is 76.4 Å². The first-order valence-corrected chi connectivity index (χ1v) is 6.20. The van der Waals surface area contributed by atoms with Crippen molar-refractivity contribution in [2.45, 2.75) is 12.5 Å². The van der Waals surface area contributed by atoms with Gasteiger partial charge in [0.25, 0.3) is 12.1 Å². The molecular formula is C12H15F2N3O3. The molecule has 0 spiro atoms. The maximum Gasteiger partial charge on any atom is 0.270 e. The van der Waals surface area contributed by atoms with Gasteiger partial charge in [-0.15, -0.1) is 0 Å². The molecule has 0 amide bonds. The summed E-state index contributed by atoms with van der Waals surface area (Å²) in [5, 5.41) is 16.6. The van der Waals surface area contributed by atoms with Crippen LogP contribution in [0.15, 0.2) is 18.2 Å². The molecule has 0 saturated carbocycles. The molecular weight excluding hydrogens is 272 g/mol. The Hall–Kier alpha value is -1.80. The van der Waals surface area contributed by atoms with Crippen molar-refractivity contribution >= 4 is 11.4 Å². The lowest BCUT2D eigenvalue weighted by Crippen LogP contribution is -2.42. The van der Waals surface area contributed by atoms with E-state index < -0.39 is 11.3 Å². The largest absolute Gasteiger partial charge is 0.382 e. The van der Waals surface area contributed by atoms with Crippen molar-refractivity contribution in [1.29, 1.82) is 0 Å². The molecule has 110 valence electrons. The van der Waals surface area contributed by atoms with E-state index in [2.05, 4.69) is 10.6 Å². The van der Waals surface area contributed by atoms with Crippen molar-refractivity contribution in [3.05, 3.63) is 33.9 Å². The summed E-state index contributed by atoms with van der Waals surface area (Å²) in [6, 6.07) is 3.40. The van der Waals surface area contributed by atoms with Crippen LogP contribution in [-0.4, -0.2) is 37.3 Å². The van der Waals surface area contributed by atoms with Gasteiger partial charge in [-0.2, -0.15) is 0 Å². The number of nitro benzene ring substituents is 1. The number of nitrogens with zero attached hydrogens (tertiary/aromatic N) is 1. The minimum absolute atomic E-state index is 0.107. The third-order valence-electron chi connectivity index (χ3n) is 3.01. The Labute approximate surface area is 114 Å². The molecule has 2 N–H and O–H groups in total. The van der Waals surface area contributed by atoms with Gasteiger partial charge in [-0.1, -0.05) is 0 Å². The fourth-order valence-corrected chi connectivity index (χ4v) is 1.98. The molecule has 6 nitrogen and oxygen atoms in total. The highest BCUT2D eigenvalue weighted by molar-refractivity contribution is 5.56. The zero-order valence-electron chi connectivity index (χ0n) is 10.6. The number of ether oxygens (including phenoxy) is 1. The average molecular weight is 287 g/mol. The van der Waals surface area contributed by atoms with Crippen LogP contribution in [0, 0.1) is 10.1 Å². The Morgan fingerprint density at radius 3 is 2.95 bits per heavy atom. The highest BCUT2D eigenvalue weighted by Crippen LogP contribution is 2.30. The van der Waals surface area contributed by atoms with Gasteiger partial charge in [0.1, 0.15) is 0 Å². The predicted octanol–water partition coefficient (Wildman–Crippen LogP) is 1.93. The van der Waals surface area contributed by atoms with Gasteiger partial charge in [0.05, 0.1) is 17.6 Å². The second kappa shape index (κ2) is 6.58. The Bertz CT molecular complexity index is 479. The van der Waals surface area contributed by atoms with Gasteiger partial charge in [0, 0.05) is 43.0 Å². The number of alkyl halides is 2. The zero-order chi connectivity index (χ0) is 14.5. The number of halogens is 2. The first-order valence-electron chi connectivity index (χ1n) is 6.20. The van der Waals surface area contributed by atoms with E-state index in [-0.39, 0.29) is 23.0 Å². The lowest BCUT2D eigenvalue weighted by molar-refractivity contribution is -0.385. The monoisotopic (exact) mass is 287 g/mol. The SMILES string of the molecule is O=[N+]([O-])c1ccc(NCC2CNCCO2)c(C(F)F)c1. The van der Waals surface area contributed by atoms with Crippen LogP contribution in [0.25, 0.3) is 0 Å². The summed E-state index contributed by atoms with van der Waals surface area (Å²) in [5.41, 5.74) is -0.524. The lowest BCUT2D eigenvalue weighted by atomic mass is 10.1. The van der Waals surface area contributed by atoms with Crippen molar-refractivity contribution in [2.24, 2.45) is 0 Å². The maximum atomic E-state index is 12.9. The number of rotatable bonds is 5. The molecule has 0 aliphatic carbocycles. The van der Waals surface area contributed by atoms with Crippen LogP contribution in [0.1, 0.15) is 12.0 Å². The van der Waals surface area contributed by atoms with Crippen molar-refractivity contribution < 1.29 is 18.4 Å². The number of morpholine rings is 1. The molecule has 1 fully saturated rings. The highest BCUT2D eigenvalue weighted by atomic mass is 19.3. The summed E-state index contributed by atoms with van der Waals surface area (Å²) in [4.78, 5) is 9.91. The van der Waals surface area contributed by atoms with Gasteiger partial charge in [0.2, 0.25) is 0 Å². The highest BCUT2D eigenvalue weighted by Gasteiger charge is 2.19. The lowest BCUT2D eigenvalue weighted by Gasteiger charge is -2.24. The van der Waals surface area contributed by atoms with E-state index in [9.17, 15) is 18.9 Å². The summed E-state index contributed by atoms with van der Waals surface area (Å²) in [6.45, 7) is 2.36. The molecule has 0 radical (unpaired) electrons. The Morgan fingerprint density at radius 2 is 2.35 bits per heavy atom. The van der Waals surface area contributed by atoms with Crippen molar-refractivity contribution in [3.8, 4) is 0 Å². The first kappa shape index (κ1) is 14.6. The van der Waals surface area contributed by atoms with E-state index in [1.807, 2.05) is 0 Å². The average Bonchev–Trinajstić information content (AvgIpc) is 2.45. The third-order valence-corrected chi connectivity index (χ3v) is 3.01. The number of anilines is 1. The molecule has 1 aliphatic heterocycles. The van der Waals surface area contributed by atoms with E-state index >= 15 is 0 Å². The smallest absolute Gasteiger partial charge is 0.270 e. The molecule has 1 aromatic rings. The molecule has 20 heavy (non-hydrogen) atoms. The van der Waals surface area contributed by atoms with Crippen LogP contribution in [-0.2, 0) is 4.74 Å². The molecule has 1 aliphatic rings. The van der Waals surface area contributed by atoms with Gasteiger partial charge >= 0.3 is 0 Å². The number of non-ortho nitro benzene ring substituents is 1. The van der Waals surface area contributed by atoms with Crippen LogP contribution >= 0.6 is 0 Å². The first-order chi connectivity index (χ1) is 9.58. The Kier molecular flexibility index (Phi) is 4.80. The number of nitro groups is 1. The van der Waals surface area contributed by atoms with Crippen LogP contribution in [0.2, 0.25) is 0 Å². The minimum atomic E-state index is -2.78. The zero-order valence-corrected chi connectivity index (χ0v) is 10.6. The van der Waals surface area contributed by atoms with E-state index in [1.165, 1.54) is 12.1 Å². The second-order valence-electron chi connectivity index (χ2n) is 4.41. The maximum absolute atomic E-state index is 12.9. The number of hydrogen-bond acceptors (Lipinski definition) is 5. The minimum Gasteiger partial charge on any atom is -0.382 e. The molecule has 1 atom stereocenters. The Morgan fingerprint density at radius 1 is 1.55 bits per heavy atom. The van der Waals surface area contributed by atoms with E-state index in [0.29, 0.717) is 19.7 Å². The summed E-state index contributed by atoms with van der Waals surface area (Å²) in [6.07, 6.45) is -2.88. The summed E-state index contributed by atoms with van der Waals surface area (Å²) in [5.74, 6) is 0. The number of benzene rings is 1. The van der Waals surface area contributed by atoms with Gasteiger partial charge in [0.15, 0.2) is 0 Å². The van der Waals surface area contributed by atoms with Crippen LogP contribution in [0.3, 0.4) is 0 Å². The molecule has 0 bridgehead atoms. The summed E-state index contributed by atoms with van der Waals surface area (Å²) >= 11 is 0. The number of hydrogen-bond donors (Lipinski definition) is 2. The van der Waals surface area contributed by atoms with Crippen molar-refractivity contribution in [3.63, 3.8) is 0 Å². The van der Waals surface area contributed by atoms with Gasteiger partial charge < -0.3 is 15.4 Å².